The minimum absolute atomic E-state index is 0.0353. The van der Waals surface area contributed by atoms with Crippen molar-refractivity contribution in [3.8, 4) is 0 Å². The fraction of sp³-hybridized carbons (Fsp3) is 0.857. The van der Waals surface area contributed by atoms with E-state index in [2.05, 4.69) is 15.5 Å². The summed E-state index contributed by atoms with van der Waals surface area (Å²) >= 11 is 4.98. The smallest absolute Gasteiger partial charge is 0.238 e. The largest absolute Gasteiger partial charge is 0.376 e. The molecule has 0 amide bonds. The van der Waals surface area contributed by atoms with Gasteiger partial charge in [-0.3, -0.25) is 0 Å². The van der Waals surface area contributed by atoms with Gasteiger partial charge in [0.25, 0.3) is 0 Å². The number of nitrogens with one attached hydrogen (secondary N) is 1. The molecular formula is C7H12N4OS. The molecule has 0 radical (unpaired) electrons. The third-order valence-electron chi connectivity index (χ3n) is 2.68. The van der Waals surface area contributed by atoms with Crippen molar-refractivity contribution < 1.29 is 4.74 Å². The number of nitrogens with zero attached hydrogens (tertiary/aromatic N) is 3. The maximum atomic E-state index is 5.46. The first-order chi connectivity index (χ1) is 6.26. The summed E-state index contributed by atoms with van der Waals surface area (Å²) in [6, 6.07) is 0. The van der Waals surface area contributed by atoms with Gasteiger partial charge in [-0.2, -0.15) is 5.21 Å². The van der Waals surface area contributed by atoms with E-state index < -0.39 is 0 Å². The van der Waals surface area contributed by atoms with Crippen LogP contribution in [-0.2, 0) is 11.3 Å². The van der Waals surface area contributed by atoms with Crippen molar-refractivity contribution in [1.82, 2.24) is 20.2 Å². The molecule has 6 heteroatoms. The highest BCUT2D eigenvalue weighted by Crippen LogP contribution is 2.36. The predicted octanol–water partition coefficient (Wildman–Crippen LogP) is 0.905. The number of ether oxygens (including phenoxy) is 1. The Morgan fingerprint density at radius 2 is 2.46 bits per heavy atom. The van der Waals surface area contributed by atoms with Crippen LogP contribution in [0.15, 0.2) is 0 Å². The molecule has 1 heterocycles. The second-order valence-corrected chi connectivity index (χ2v) is 3.77. The van der Waals surface area contributed by atoms with Gasteiger partial charge in [0.1, 0.15) is 0 Å². The normalized spacial score (nSPS) is 19.8. The molecule has 0 aromatic carbocycles. The first-order valence-electron chi connectivity index (χ1n) is 4.29. The Hall–Kier alpha value is -0.750. The topological polar surface area (TPSA) is 55.7 Å². The summed E-state index contributed by atoms with van der Waals surface area (Å²) in [4.78, 5) is 0. The van der Waals surface area contributed by atoms with Crippen LogP contribution in [0.4, 0.5) is 0 Å². The quantitative estimate of drug-likeness (QED) is 0.737. The van der Waals surface area contributed by atoms with Crippen molar-refractivity contribution in [3.05, 3.63) is 4.77 Å². The molecule has 0 unspecified atom stereocenters. The molecule has 72 valence electrons. The molecule has 0 spiro atoms. The summed E-state index contributed by atoms with van der Waals surface area (Å²) < 4.78 is 7.70. The van der Waals surface area contributed by atoms with E-state index in [9.17, 15) is 0 Å². The van der Waals surface area contributed by atoms with Crippen LogP contribution in [0, 0.1) is 4.77 Å². The van der Waals surface area contributed by atoms with E-state index >= 15 is 0 Å². The van der Waals surface area contributed by atoms with Gasteiger partial charge in [0.15, 0.2) is 0 Å². The highest BCUT2D eigenvalue weighted by molar-refractivity contribution is 7.71. The zero-order chi connectivity index (χ0) is 9.31. The van der Waals surface area contributed by atoms with E-state index in [1.54, 1.807) is 11.8 Å². The third-order valence-corrected chi connectivity index (χ3v) is 2.98. The number of rotatable bonds is 3. The Balaban J connectivity index is 2.13. The van der Waals surface area contributed by atoms with E-state index in [1.165, 1.54) is 6.42 Å². The first-order valence-corrected chi connectivity index (χ1v) is 4.70. The van der Waals surface area contributed by atoms with Crippen LogP contribution < -0.4 is 0 Å². The molecule has 1 N–H and O–H groups in total. The van der Waals surface area contributed by atoms with Crippen molar-refractivity contribution in [2.24, 2.45) is 0 Å². The minimum Gasteiger partial charge on any atom is -0.376 e. The van der Waals surface area contributed by atoms with E-state index in [0.717, 1.165) is 19.4 Å². The summed E-state index contributed by atoms with van der Waals surface area (Å²) in [5.41, 5.74) is -0.0353. The molecule has 0 atom stereocenters. The molecule has 5 nitrogen and oxygen atoms in total. The zero-order valence-electron chi connectivity index (χ0n) is 7.49. The summed E-state index contributed by atoms with van der Waals surface area (Å²) in [5, 5.41) is 10.1. The van der Waals surface area contributed by atoms with E-state index in [1.807, 2.05) is 0 Å². The second kappa shape index (κ2) is 3.19. The zero-order valence-corrected chi connectivity index (χ0v) is 8.30. The second-order valence-electron chi connectivity index (χ2n) is 3.41. The van der Waals surface area contributed by atoms with Crippen LogP contribution in [0.3, 0.4) is 0 Å². The SMILES string of the molecule is COC1(Cn2[nH]nnc2=S)CCC1. The molecule has 1 aliphatic rings. The standard InChI is InChI=1S/C7H12N4OS/c1-12-7(3-2-4-7)5-11-6(13)8-9-10-11/h2-5H2,1H3,(H,8,10,13). The minimum atomic E-state index is -0.0353. The van der Waals surface area contributed by atoms with Gasteiger partial charge < -0.3 is 4.74 Å². The first kappa shape index (κ1) is 8.83. The van der Waals surface area contributed by atoms with Crippen LogP contribution in [0.1, 0.15) is 19.3 Å². The lowest BCUT2D eigenvalue weighted by Gasteiger charge is -2.40. The van der Waals surface area contributed by atoms with E-state index in [4.69, 9.17) is 17.0 Å². The third kappa shape index (κ3) is 1.51. The Kier molecular flexibility index (Phi) is 2.17. The van der Waals surface area contributed by atoms with Crippen LogP contribution in [0.25, 0.3) is 0 Å². The van der Waals surface area contributed by atoms with Crippen LogP contribution in [-0.4, -0.2) is 32.9 Å². The summed E-state index contributed by atoms with van der Waals surface area (Å²) in [6.45, 7) is 0.731. The van der Waals surface area contributed by atoms with Crippen molar-refractivity contribution in [1.29, 1.82) is 0 Å². The van der Waals surface area contributed by atoms with Crippen LogP contribution >= 0.6 is 12.2 Å². The number of hydrogen-bond acceptors (Lipinski definition) is 4. The van der Waals surface area contributed by atoms with Crippen molar-refractivity contribution in [2.75, 3.05) is 7.11 Å². The Labute approximate surface area is 81.1 Å². The van der Waals surface area contributed by atoms with Gasteiger partial charge in [0.05, 0.1) is 12.1 Å². The van der Waals surface area contributed by atoms with E-state index in [0.29, 0.717) is 4.77 Å². The van der Waals surface area contributed by atoms with Gasteiger partial charge in [-0.1, -0.05) is 10.3 Å². The number of H-pyrrole nitrogens is 1. The molecule has 1 aromatic rings. The van der Waals surface area contributed by atoms with Crippen molar-refractivity contribution in [3.63, 3.8) is 0 Å². The average molecular weight is 200 g/mol. The van der Waals surface area contributed by atoms with Gasteiger partial charge in [-0.05, 0) is 31.5 Å². The summed E-state index contributed by atoms with van der Waals surface area (Å²) in [7, 11) is 1.74. The maximum Gasteiger partial charge on any atom is 0.238 e. The lowest BCUT2D eigenvalue weighted by Crippen LogP contribution is -2.43. The highest BCUT2D eigenvalue weighted by Gasteiger charge is 2.37. The van der Waals surface area contributed by atoms with Gasteiger partial charge in [0, 0.05) is 7.11 Å². The molecule has 0 saturated heterocycles. The molecule has 1 aromatic heterocycles. The molecule has 13 heavy (non-hydrogen) atoms. The van der Waals surface area contributed by atoms with E-state index in [-0.39, 0.29) is 5.60 Å². The van der Waals surface area contributed by atoms with Gasteiger partial charge >= 0.3 is 0 Å². The maximum absolute atomic E-state index is 5.46. The van der Waals surface area contributed by atoms with Crippen LogP contribution in [0.2, 0.25) is 0 Å². The molecule has 1 saturated carbocycles. The van der Waals surface area contributed by atoms with Gasteiger partial charge in [0.2, 0.25) is 4.77 Å². The van der Waals surface area contributed by atoms with Crippen molar-refractivity contribution >= 4 is 12.2 Å². The molecular weight excluding hydrogens is 188 g/mol. The number of aromatic nitrogens is 4. The Morgan fingerprint density at radius 3 is 2.85 bits per heavy atom. The lowest BCUT2D eigenvalue weighted by molar-refractivity contribution is -0.0861. The monoisotopic (exact) mass is 200 g/mol. The average Bonchev–Trinajstić information content (AvgIpc) is 2.44. The van der Waals surface area contributed by atoms with Gasteiger partial charge in [-0.25, -0.2) is 4.68 Å². The fourth-order valence-corrected chi connectivity index (χ4v) is 1.75. The lowest BCUT2D eigenvalue weighted by atomic mass is 9.80. The summed E-state index contributed by atoms with van der Waals surface area (Å²) in [6.07, 6.45) is 3.40. The molecule has 0 bridgehead atoms. The predicted molar refractivity (Wildman–Crippen MR) is 48.8 cm³/mol. The number of hydrogen-bond donors (Lipinski definition) is 1. The van der Waals surface area contributed by atoms with Crippen LogP contribution in [0.5, 0.6) is 0 Å². The Bertz CT molecular complexity index is 335. The number of tetrazole rings is 1. The molecule has 1 aliphatic carbocycles. The number of methoxy groups -OCH3 is 1. The Morgan fingerprint density at radius 1 is 1.69 bits per heavy atom. The fourth-order valence-electron chi connectivity index (χ4n) is 1.60. The van der Waals surface area contributed by atoms with Gasteiger partial charge in [-0.15, -0.1) is 0 Å². The highest BCUT2D eigenvalue weighted by atomic mass is 32.1. The molecule has 1 fully saturated rings. The van der Waals surface area contributed by atoms with Crippen molar-refractivity contribution in [2.45, 2.75) is 31.4 Å². The number of aromatic amines is 1. The molecule has 2 rings (SSSR count). The molecule has 0 aliphatic heterocycles. The summed E-state index contributed by atoms with van der Waals surface area (Å²) in [5.74, 6) is 0.